The molecule has 0 amide bonds. The normalized spacial score (nSPS) is 13.1. The van der Waals surface area contributed by atoms with Gasteiger partial charge in [0.2, 0.25) is 0 Å². The maximum atomic E-state index is 13.1. The molecule has 1 rings (SSSR count). The number of rotatable bonds is 5. The zero-order chi connectivity index (χ0) is 12.1. The smallest absolute Gasteiger partial charge is 0.123 e. The summed E-state index contributed by atoms with van der Waals surface area (Å²) in [5.41, 5.74) is 6.75. The molecule has 2 N–H and O–H groups in total. The van der Waals surface area contributed by atoms with Gasteiger partial charge in [-0.1, -0.05) is 13.8 Å². The average Bonchev–Trinajstić information content (AvgIpc) is 2.19. The van der Waals surface area contributed by atoms with Gasteiger partial charge < -0.3 is 5.73 Å². The minimum absolute atomic E-state index is 0.114. The van der Waals surface area contributed by atoms with Crippen LogP contribution < -0.4 is 5.73 Å². The summed E-state index contributed by atoms with van der Waals surface area (Å²) in [7, 11) is 0. The van der Waals surface area contributed by atoms with E-state index in [0.717, 1.165) is 16.2 Å². The highest BCUT2D eigenvalue weighted by atomic mass is 32.2. The molecule has 0 saturated heterocycles. The van der Waals surface area contributed by atoms with Gasteiger partial charge in [0.1, 0.15) is 5.82 Å². The van der Waals surface area contributed by atoms with Gasteiger partial charge in [-0.05, 0) is 48.8 Å². The molecule has 0 saturated carbocycles. The summed E-state index contributed by atoms with van der Waals surface area (Å²) in [6, 6.07) is 4.77. The van der Waals surface area contributed by atoms with Crippen LogP contribution in [0.2, 0.25) is 0 Å². The maximum Gasteiger partial charge on any atom is 0.123 e. The Balaban J connectivity index is 2.71. The van der Waals surface area contributed by atoms with Crippen LogP contribution in [0.1, 0.15) is 38.8 Å². The number of benzene rings is 1. The minimum Gasteiger partial charge on any atom is -0.324 e. The standard InChI is InChI=1S/C13H20FNS/c1-9(2)6-7-16-13-5-4-11(14)8-12(13)10(3)15/h4-5,8-10H,6-7,15H2,1-3H3/t10-/m1/s1. The average molecular weight is 241 g/mol. The molecule has 1 atom stereocenters. The molecule has 0 spiro atoms. The molecule has 0 unspecified atom stereocenters. The highest BCUT2D eigenvalue weighted by Crippen LogP contribution is 2.28. The van der Waals surface area contributed by atoms with Crippen molar-refractivity contribution >= 4 is 11.8 Å². The van der Waals surface area contributed by atoms with Crippen LogP contribution in [0, 0.1) is 11.7 Å². The van der Waals surface area contributed by atoms with Gasteiger partial charge in [-0.2, -0.15) is 0 Å². The Morgan fingerprint density at radius 2 is 2.00 bits per heavy atom. The second-order valence-electron chi connectivity index (χ2n) is 4.50. The molecular weight excluding hydrogens is 221 g/mol. The summed E-state index contributed by atoms with van der Waals surface area (Å²) < 4.78 is 13.1. The number of hydrogen-bond donors (Lipinski definition) is 1. The van der Waals surface area contributed by atoms with Crippen LogP contribution in [0.5, 0.6) is 0 Å². The number of halogens is 1. The van der Waals surface area contributed by atoms with Crippen molar-refractivity contribution < 1.29 is 4.39 Å². The van der Waals surface area contributed by atoms with E-state index in [9.17, 15) is 4.39 Å². The fourth-order valence-corrected chi connectivity index (χ4v) is 2.80. The van der Waals surface area contributed by atoms with Gasteiger partial charge in [0.05, 0.1) is 0 Å². The van der Waals surface area contributed by atoms with E-state index in [1.54, 1.807) is 17.8 Å². The number of nitrogens with two attached hydrogens (primary N) is 1. The molecule has 0 aliphatic heterocycles. The molecule has 1 aromatic carbocycles. The van der Waals surface area contributed by atoms with Crippen LogP contribution in [-0.4, -0.2) is 5.75 Å². The van der Waals surface area contributed by atoms with Gasteiger partial charge >= 0.3 is 0 Å². The molecule has 0 aliphatic rings. The summed E-state index contributed by atoms with van der Waals surface area (Å²) in [6.45, 7) is 6.30. The van der Waals surface area contributed by atoms with Gasteiger partial charge in [-0.25, -0.2) is 4.39 Å². The van der Waals surface area contributed by atoms with Crippen LogP contribution in [0.4, 0.5) is 4.39 Å². The van der Waals surface area contributed by atoms with E-state index in [4.69, 9.17) is 5.73 Å². The fourth-order valence-electron chi connectivity index (χ4n) is 1.41. The summed E-state index contributed by atoms with van der Waals surface area (Å²) in [5.74, 6) is 1.55. The first-order chi connectivity index (χ1) is 7.50. The van der Waals surface area contributed by atoms with Crippen molar-refractivity contribution in [3.8, 4) is 0 Å². The minimum atomic E-state index is -0.208. The number of thioether (sulfide) groups is 1. The summed E-state index contributed by atoms with van der Waals surface area (Å²) >= 11 is 1.77. The molecule has 0 heterocycles. The highest BCUT2D eigenvalue weighted by molar-refractivity contribution is 7.99. The Bertz CT molecular complexity index is 337. The van der Waals surface area contributed by atoms with Crippen LogP contribution in [-0.2, 0) is 0 Å². The highest BCUT2D eigenvalue weighted by Gasteiger charge is 2.08. The van der Waals surface area contributed by atoms with Gasteiger partial charge in [0.15, 0.2) is 0 Å². The Morgan fingerprint density at radius 1 is 1.31 bits per heavy atom. The van der Waals surface area contributed by atoms with Crippen LogP contribution in [0.25, 0.3) is 0 Å². The van der Waals surface area contributed by atoms with E-state index in [-0.39, 0.29) is 11.9 Å². The van der Waals surface area contributed by atoms with Gasteiger partial charge in [0.25, 0.3) is 0 Å². The lowest BCUT2D eigenvalue weighted by Gasteiger charge is -2.13. The van der Waals surface area contributed by atoms with Crippen molar-refractivity contribution in [3.05, 3.63) is 29.6 Å². The molecule has 0 aromatic heterocycles. The monoisotopic (exact) mass is 241 g/mol. The van der Waals surface area contributed by atoms with Crippen molar-refractivity contribution in [1.29, 1.82) is 0 Å². The Morgan fingerprint density at radius 3 is 2.56 bits per heavy atom. The van der Waals surface area contributed by atoms with Gasteiger partial charge in [0, 0.05) is 10.9 Å². The second kappa shape index (κ2) is 6.26. The molecule has 0 fully saturated rings. The Hall–Kier alpha value is -0.540. The lowest BCUT2D eigenvalue weighted by atomic mass is 10.1. The van der Waals surface area contributed by atoms with E-state index >= 15 is 0 Å². The fraction of sp³-hybridized carbons (Fsp3) is 0.538. The Kier molecular flexibility index (Phi) is 5.29. The van der Waals surface area contributed by atoms with E-state index in [1.807, 2.05) is 13.0 Å². The van der Waals surface area contributed by atoms with Crippen LogP contribution >= 0.6 is 11.8 Å². The Labute approximate surface area is 102 Å². The van der Waals surface area contributed by atoms with Gasteiger partial charge in [-0.15, -0.1) is 11.8 Å². The molecule has 0 bridgehead atoms. The zero-order valence-corrected chi connectivity index (χ0v) is 11.0. The van der Waals surface area contributed by atoms with Crippen molar-refractivity contribution in [2.45, 2.75) is 38.1 Å². The topological polar surface area (TPSA) is 26.0 Å². The van der Waals surface area contributed by atoms with Crippen molar-refractivity contribution in [2.24, 2.45) is 11.7 Å². The van der Waals surface area contributed by atoms with E-state index in [2.05, 4.69) is 13.8 Å². The first-order valence-electron chi connectivity index (χ1n) is 5.68. The third kappa shape index (κ3) is 4.14. The van der Waals surface area contributed by atoms with E-state index in [0.29, 0.717) is 5.92 Å². The molecule has 0 aliphatic carbocycles. The molecule has 0 radical (unpaired) electrons. The largest absolute Gasteiger partial charge is 0.324 e. The second-order valence-corrected chi connectivity index (χ2v) is 5.64. The van der Waals surface area contributed by atoms with Crippen molar-refractivity contribution in [2.75, 3.05) is 5.75 Å². The third-order valence-electron chi connectivity index (χ3n) is 2.42. The lowest BCUT2D eigenvalue weighted by Crippen LogP contribution is -2.07. The van der Waals surface area contributed by atoms with Gasteiger partial charge in [-0.3, -0.25) is 0 Å². The first-order valence-corrected chi connectivity index (χ1v) is 6.67. The maximum absolute atomic E-state index is 13.1. The SMILES string of the molecule is CC(C)CCSc1ccc(F)cc1[C@@H](C)N. The summed E-state index contributed by atoms with van der Waals surface area (Å²) in [5, 5.41) is 0. The quantitative estimate of drug-likeness (QED) is 0.789. The van der Waals surface area contributed by atoms with Crippen LogP contribution in [0.3, 0.4) is 0 Å². The predicted molar refractivity (Wildman–Crippen MR) is 69.2 cm³/mol. The molecule has 16 heavy (non-hydrogen) atoms. The molecular formula is C13H20FNS. The number of hydrogen-bond acceptors (Lipinski definition) is 2. The summed E-state index contributed by atoms with van der Waals surface area (Å²) in [4.78, 5) is 1.11. The molecule has 90 valence electrons. The third-order valence-corrected chi connectivity index (χ3v) is 3.54. The van der Waals surface area contributed by atoms with Crippen molar-refractivity contribution in [3.63, 3.8) is 0 Å². The summed E-state index contributed by atoms with van der Waals surface area (Å²) in [6.07, 6.45) is 1.17. The van der Waals surface area contributed by atoms with E-state index in [1.165, 1.54) is 12.5 Å². The molecule has 3 heteroatoms. The lowest BCUT2D eigenvalue weighted by molar-refractivity contribution is 0.618. The zero-order valence-electron chi connectivity index (χ0n) is 10.2. The molecule has 1 aromatic rings. The van der Waals surface area contributed by atoms with E-state index < -0.39 is 0 Å². The van der Waals surface area contributed by atoms with Crippen molar-refractivity contribution in [1.82, 2.24) is 0 Å². The van der Waals surface area contributed by atoms with Crippen LogP contribution in [0.15, 0.2) is 23.1 Å². The predicted octanol–water partition coefficient (Wildman–Crippen LogP) is 3.98. The first kappa shape index (κ1) is 13.5. The molecule has 1 nitrogen and oxygen atoms in total.